The van der Waals surface area contributed by atoms with Crippen molar-refractivity contribution in [2.45, 2.75) is 12.8 Å². The molecule has 1 aromatic carbocycles. The number of hydrogen-bond acceptors (Lipinski definition) is 3. The summed E-state index contributed by atoms with van der Waals surface area (Å²) < 4.78 is 8.72. The Bertz CT molecular complexity index is 436. The van der Waals surface area contributed by atoms with Crippen molar-refractivity contribution in [1.82, 2.24) is 5.32 Å². The van der Waals surface area contributed by atoms with E-state index in [-0.39, 0.29) is 11.9 Å². The van der Waals surface area contributed by atoms with Gasteiger partial charge in [0.25, 0.3) is 0 Å². The van der Waals surface area contributed by atoms with Gasteiger partial charge in [-0.05, 0) is 106 Å². The van der Waals surface area contributed by atoms with E-state index in [9.17, 15) is 4.79 Å². The molecule has 0 unspecified atom stereocenters. The molecule has 2 rings (SSSR count). The van der Waals surface area contributed by atoms with Crippen LogP contribution in [0.25, 0.3) is 0 Å². The molecule has 0 aromatic heterocycles. The van der Waals surface area contributed by atoms with Crippen LogP contribution in [-0.2, 0) is 4.79 Å². The van der Waals surface area contributed by atoms with Gasteiger partial charge in [0.15, 0.2) is 5.75 Å². The molecule has 0 saturated carbocycles. The molecule has 0 bridgehead atoms. The highest BCUT2D eigenvalue weighted by atomic mass is 127. The number of carbonyl (C=O) groups excluding carboxylic acids is 1. The van der Waals surface area contributed by atoms with Crippen molar-refractivity contribution in [2.24, 2.45) is 5.92 Å². The number of piperidine rings is 1. The zero-order chi connectivity index (χ0) is 13.1. The van der Waals surface area contributed by atoms with Crippen LogP contribution >= 0.6 is 67.8 Å². The molecule has 0 spiro atoms. The quantitative estimate of drug-likeness (QED) is 0.330. The number of nitrogens with one attached hydrogen (secondary N) is 1. The Balaban J connectivity index is 2.11. The van der Waals surface area contributed by atoms with Crippen LogP contribution in [0.15, 0.2) is 12.1 Å². The summed E-state index contributed by atoms with van der Waals surface area (Å²) in [4.78, 5) is 12.1. The van der Waals surface area contributed by atoms with Gasteiger partial charge in [-0.25, -0.2) is 0 Å². The maximum Gasteiger partial charge on any atom is 0.314 e. The smallest absolute Gasteiger partial charge is 0.314 e. The maximum atomic E-state index is 12.1. The third-order valence-corrected chi connectivity index (χ3v) is 5.06. The minimum Gasteiger partial charge on any atom is -0.424 e. The van der Waals surface area contributed by atoms with Crippen LogP contribution < -0.4 is 10.1 Å². The molecule has 6 heteroatoms. The zero-order valence-electron chi connectivity index (χ0n) is 9.51. The van der Waals surface area contributed by atoms with Crippen molar-refractivity contribution in [3.63, 3.8) is 0 Å². The van der Waals surface area contributed by atoms with Crippen molar-refractivity contribution >= 4 is 73.7 Å². The monoisotopic (exact) mass is 583 g/mol. The molecule has 0 atom stereocenters. The van der Waals surface area contributed by atoms with E-state index < -0.39 is 0 Å². The summed E-state index contributed by atoms with van der Waals surface area (Å²) in [5.41, 5.74) is 0. The van der Waals surface area contributed by atoms with Gasteiger partial charge in [-0.3, -0.25) is 4.79 Å². The lowest BCUT2D eigenvalue weighted by Gasteiger charge is -2.21. The number of esters is 1. The molecule has 1 saturated heterocycles. The van der Waals surface area contributed by atoms with Crippen LogP contribution in [0.3, 0.4) is 0 Å². The SMILES string of the molecule is O=C(Oc1c(I)cc(I)cc1I)C1CCNCC1. The number of halogens is 3. The third kappa shape index (κ3) is 3.92. The van der Waals surface area contributed by atoms with E-state index in [0.717, 1.165) is 36.6 Å². The van der Waals surface area contributed by atoms with E-state index >= 15 is 0 Å². The molecule has 0 aliphatic carbocycles. The van der Waals surface area contributed by atoms with Crippen molar-refractivity contribution < 1.29 is 9.53 Å². The Kier molecular flexibility index (Phi) is 5.94. The molecule has 3 nitrogen and oxygen atoms in total. The summed E-state index contributed by atoms with van der Waals surface area (Å²) >= 11 is 6.70. The van der Waals surface area contributed by atoms with Crippen molar-refractivity contribution in [1.29, 1.82) is 0 Å². The van der Waals surface area contributed by atoms with Gasteiger partial charge in [0.05, 0.1) is 13.1 Å². The number of ether oxygens (including phenoxy) is 1. The van der Waals surface area contributed by atoms with Crippen LogP contribution in [0, 0.1) is 16.6 Å². The second-order valence-electron chi connectivity index (χ2n) is 4.14. The zero-order valence-corrected chi connectivity index (χ0v) is 16.0. The highest BCUT2D eigenvalue weighted by Crippen LogP contribution is 2.30. The molecule has 1 fully saturated rings. The first-order chi connectivity index (χ1) is 8.58. The van der Waals surface area contributed by atoms with Gasteiger partial charge in [-0.15, -0.1) is 0 Å². The van der Waals surface area contributed by atoms with Gasteiger partial charge in [-0.1, -0.05) is 0 Å². The average molecular weight is 583 g/mol. The number of carbonyl (C=O) groups is 1. The Labute approximate surface area is 147 Å². The predicted molar refractivity (Wildman–Crippen MR) is 95.8 cm³/mol. The highest BCUT2D eigenvalue weighted by molar-refractivity contribution is 14.1. The van der Waals surface area contributed by atoms with E-state index in [2.05, 4.69) is 73.1 Å². The van der Waals surface area contributed by atoms with Gasteiger partial charge in [-0.2, -0.15) is 0 Å². The Morgan fingerprint density at radius 1 is 1.17 bits per heavy atom. The number of rotatable bonds is 2. The summed E-state index contributed by atoms with van der Waals surface area (Å²) in [5.74, 6) is 0.658. The molecule has 1 N–H and O–H groups in total. The largest absolute Gasteiger partial charge is 0.424 e. The van der Waals surface area contributed by atoms with Gasteiger partial charge >= 0.3 is 5.97 Å². The van der Waals surface area contributed by atoms with Crippen LogP contribution in [-0.4, -0.2) is 19.1 Å². The van der Waals surface area contributed by atoms with Crippen LogP contribution in [0.2, 0.25) is 0 Å². The molecule has 0 radical (unpaired) electrons. The molecule has 1 aromatic rings. The van der Waals surface area contributed by atoms with Crippen molar-refractivity contribution in [2.75, 3.05) is 13.1 Å². The number of hydrogen-bond donors (Lipinski definition) is 1. The first kappa shape index (κ1) is 15.2. The highest BCUT2D eigenvalue weighted by Gasteiger charge is 2.24. The van der Waals surface area contributed by atoms with Crippen molar-refractivity contribution in [3.8, 4) is 5.75 Å². The molecule has 0 amide bonds. The van der Waals surface area contributed by atoms with E-state index in [4.69, 9.17) is 4.74 Å². The molecular weight excluding hydrogens is 571 g/mol. The van der Waals surface area contributed by atoms with Crippen LogP contribution in [0.5, 0.6) is 5.75 Å². The molecular formula is C12H12I3NO2. The summed E-state index contributed by atoms with van der Waals surface area (Å²) in [7, 11) is 0. The Hall–Kier alpha value is 0.840. The summed E-state index contributed by atoms with van der Waals surface area (Å²) in [6.07, 6.45) is 1.74. The normalized spacial score (nSPS) is 16.6. The van der Waals surface area contributed by atoms with E-state index in [1.54, 1.807) is 0 Å². The minimum absolute atomic E-state index is 0.0390. The lowest BCUT2D eigenvalue weighted by Crippen LogP contribution is -2.34. The molecule has 18 heavy (non-hydrogen) atoms. The number of benzene rings is 1. The van der Waals surface area contributed by atoms with Crippen LogP contribution in [0.4, 0.5) is 0 Å². The lowest BCUT2D eigenvalue weighted by molar-refractivity contribution is -0.139. The summed E-state index contributed by atoms with van der Waals surface area (Å²) in [6.45, 7) is 1.81. The fourth-order valence-corrected chi connectivity index (χ4v) is 5.67. The lowest BCUT2D eigenvalue weighted by atomic mass is 9.98. The third-order valence-electron chi connectivity index (χ3n) is 2.84. The van der Waals surface area contributed by atoms with E-state index in [1.165, 1.54) is 0 Å². The topological polar surface area (TPSA) is 38.3 Å². The second kappa shape index (κ2) is 7.02. The summed E-state index contributed by atoms with van der Waals surface area (Å²) in [6, 6.07) is 4.04. The molecule has 1 heterocycles. The van der Waals surface area contributed by atoms with Crippen LogP contribution in [0.1, 0.15) is 12.8 Å². The van der Waals surface area contributed by atoms with Gasteiger partial charge in [0.2, 0.25) is 0 Å². The predicted octanol–water partition coefficient (Wildman–Crippen LogP) is 3.41. The van der Waals surface area contributed by atoms with Gasteiger partial charge in [0, 0.05) is 3.57 Å². The van der Waals surface area contributed by atoms with Gasteiger partial charge < -0.3 is 10.1 Å². The maximum absolute atomic E-state index is 12.1. The van der Waals surface area contributed by atoms with E-state index in [0.29, 0.717) is 5.75 Å². The first-order valence-corrected chi connectivity index (χ1v) is 8.88. The van der Waals surface area contributed by atoms with E-state index in [1.807, 2.05) is 12.1 Å². The summed E-state index contributed by atoms with van der Waals surface area (Å²) in [5, 5.41) is 3.25. The second-order valence-corrected chi connectivity index (χ2v) is 7.71. The fraction of sp³-hybridized carbons (Fsp3) is 0.417. The minimum atomic E-state index is -0.0893. The molecule has 98 valence electrons. The Morgan fingerprint density at radius 2 is 1.72 bits per heavy atom. The standard InChI is InChI=1S/C12H12I3NO2/c13-8-5-9(14)11(10(15)6-8)18-12(17)7-1-3-16-4-2-7/h5-7,16H,1-4H2. The Morgan fingerprint density at radius 3 is 2.28 bits per heavy atom. The average Bonchev–Trinajstić information content (AvgIpc) is 2.34. The molecule has 1 aliphatic heterocycles. The first-order valence-electron chi connectivity index (χ1n) is 5.65. The molecule has 1 aliphatic rings. The van der Waals surface area contributed by atoms with Gasteiger partial charge in [0.1, 0.15) is 0 Å². The fourth-order valence-electron chi connectivity index (χ4n) is 1.87. The van der Waals surface area contributed by atoms with Crippen molar-refractivity contribution in [3.05, 3.63) is 22.8 Å².